The molecule has 1 atom stereocenters. The summed E-state index contributed by atoms with van der Waals surface area (Å²) in [6.07, 6.45) is 8.65. The highest BCUT2D eigenvalue weighted by Gasteiger charge is 2.12. The largest absolute Gasteiger partial charge is 0.504 e. The molecule has 0 spiro atoms. The Hall–Kier alpha value is -2.29. The van der Waals surface area contributed by atoms with Crippen LogP contribution in [0, 0.1) is 5.92 Å². The van der Waals surface area contributed by atoms with Crippen molar-refractivity contribution in [3.63, 3.8) is 0 Å². The Morgan fingerprint density at radius 3 is 2.76 bits per heavy atom. The van der Waals surface area contributed by atoms with E-state index in [1.54, 1.807) is 13.2 Å². The van der Waals surface area contributed by atoms with E-state index in [-0.39, 0.29) is 17.5 Å². The van der Waals surface area contributed by atoms with Gasteiger partial charge in [0.2, 0.25) is 0 Å². The molecule has 1 aromatic rings. The number of hydrogen-bond donors (Lipinski definition) is 1. The predicted molar refractivity (Wildman–Crippen MR) is 103 cm³/mol. The third-order valence-corrected chi connectivity index (χ3v) is 4.82. The van der Waals surface area contributed by atoms with Crippen molar-refractivity contribution in [3.05, 3.63) is 52.1 Å². The number of aliphatic hydroxyl groups is 1. The van der Waals surface area contributed by atoms with Crippen LogP contribution in [0.15, 0.2) is 41.7 Å². The molecule has 3 nitrogen and oxygen atoms in total. The molecule has 1 unspecified atom stereocenters. The number of fused-ring (bicyclic) bond motifs is 1. The zero-order valence-corrected chi connectivity index (χ0v) is 15.6. The molecule has 1 aliphatic rings. The molecule has 0 saturated heterocycles. The summed E-state index contributed by atoms with van der Waals surface area (Å²) in [5.41, 5.74) is 2.25. The molecule has 0 radical (unpaired) electrons. The van der Waals surface area contributed by atoms with Crippen LogP contribution in [0.4, 0.5) is 0 Å². The van der Waals surface area contributed by atoms with Crippen LogP contribution in [-0.4, -0.2) is 18.0 Å². The number of benzene rings is 1. The van der Waals surface area contributed by atoms with Crippen LogP contribution in [0.25, 0.3) is 11.6 Å². The van der Waals surface area contributed by atoms with E-state index >= 15 is 0 Å². The summed E-state index contributed by atoms with van der Waals surface area (Å²) in [5.74, 6) is 0.792. The minimum Gasteiger partial charge on any atom is -0.504 e. The number of ketones is 1. The van der Waals surface area contributed by atoms with Crippen molar-refractivity contribution in [1.82, 2.24) is 0 Å². The average Bonchev–Trinajstić information content (AvgIpc) is 2.61. The molecule has 134 valence electrons. The number of carbonyl (C=O) groups is 1. The molecule has 0 heterocycles. The van der Waals surface area contributed by atoms with E-state index in [0.29, 0.717) is 6.42 Å². The van der Waals surface area contributed by atoms with Gasteiger partial charge in [0.1, 0.15) is 5.75 Å². The van der Waals surface area contributed by atoms with Crippen molar-refractivity contribution in [2.24, 2.45) is 5.92 Å². The van der Waals surface area contributed by atoms with Gasteiger partial charge in [-0.2, -0.15) is 0 Å². The van der Waals surface area contributed by atoms with Gasteiger partial charge in [-0.25, -0.2) is 0 Å². The molecule has 3 heteroatoms. The average molecular weight is 340 g/mol. The van der Waals surface area contributed by atoms with E-state index in [9.17, 15) is 9.90 Å². The number of aliphatic hydroxyl groups excluding tert-OH is 1. The van der Waals surface area contributed by atoms with E-state index in [1.165, 1.54) is 10.8 Å². The first-order valence-corrected chi connectivity index (χ1v) is 8.93. The van der Waals surface area contributed by atoms with Crippen molar-refractivity contribution >= 4 is 17.4 Å². The predicted octanol–water partition coefficient (Wildman–Crippen LogP) is 3.81. The van der Waals surface area contributed by atoms with Gasteiger partial charge in [0.25, 0.3) is 0 Å². The Balaban J connectivity index is 2.34. The molecule has 0 aromatic heterocycles. The van der Waals surface area contributed by atoms with Gasteiger partial charge in [0.05, 0.1) is 7.11 Å². The Bertz CT molecular complexity index is 812. The normalized spacial score (nSPS) is 21.7. The maximum Gasteiger partial charge on any atom is 0.197 e. The summed E-state index contributed by atoms with van der Waals surface area (Å²) >= 11 is 0. The quantitative estimate of drug-likeness (QED) is 0.633. The van der Waals surface area contributed by atoms with Crippen LogP contribution < -0.4 is 15.2 Å². The highest BCUT2D eigenvalue weighted by atomic mass is 16.5. The van der Waals surface area contributed by atoms with E-state index in [4.69, 9.17) is 4.74 Å². The van der Waals surface area contributed by atoms with Crippen molar-refractivity contribution in [3.8, 4) is 5.75 Å². The minimum atomic E-state index is -0.180. The van der Waals surface area contributed by atoms with Gasteiger partial charge in [0, 0.05) is 6.42 Å². The molecule has 25 heavy (non-hydrogen) atoms. The molecule has 0 amide bonds. The topological polar surface area (TPSA) is 46.5 Å². The van der Waals surface area contributed by atoms with Crippen molar-refractivity contribution in [2.45, 2.75) is 46.5 Å². The highest BCUT2D eigenvalue weighted by molar-refractivity contribution is 5.93. The molecule has 0 aliphatic heterocycles. The molecule has 1 aliphatic carbocycles. The molecule has 0 bridgehead atoms. The van der Waals surface area contributed by atoms with Crippen molar-refractivity contribution < 1.29 is 14.6 Å². The summed E-state index contributed by atoms with van der Waals surface area (Å²) in [6, 6.07) is 6.07. The van der Waals surface area contributed by atoms with Gasteiger partial charge in [-0.05, 0) is 59.9 Å². The second kappa shape index (κ2) is 8.70. The van der Waals surface area contributed by atoms with Crippen molar-refractivity contribution in [1.29, 1.82) is 0 Å². The van der Waals surface area contributed by atoms with E-state index in [0.717, 1.165) is 35.8 Å². The second-order valence-corrected chi connectivity index (χ2v) is 6.81. The lowest BCUT2D eigenvalue weighted by atomic mass is 9.97. The summed E-state index contributed by atoms with van der Waals surface area (Å²) in [4.78, 5) is 12.1. The number of Topliss-reactive ketones (excluding diaryl/α,β-unsaturated/α-hetero) is 1. The summed E-state index contributed by atoms with van der Waals surface area (Å²) in [5, 5.41) is 12.5. The van der Waals surface area contributed by atoms with Gasteiger partial charge < -0.3 is 9.84 Å². The maximum absolute atomic E-state index is 12.1. The number of methoxy groups -OCH3 is 1. The Labute approximate surface area is 150 Å². The monoisotopic (exact) mass is 340 g/mol. The highest BCUT2D eigenvalue weighted by Crippen LogP contribution is 2.17. The van der Waals surface area contributed by atoms with E-state index in [2.05, 4.69) is 19.9 Å². The lowest BCUT2D eigenvalue weighted by Crippen LogP contribution is -2.26. The van der Waals surface area contributed by atoms with E-state index < -0.39 is 0 Å². The standard InChI is InChI=1S/C22H28O3/c1-5-15(2)12-21(23)22(24)13-17-7-6-16(3)20-11-10-19(25-4)14-18(20)9-8-17/h8-11,13-15,24H,5-7,12H2,1-4H3/b17-8+,18-9-,20-16+,22-13-. The fourth-order valence-corrected chi connectivity index (χ4v) is 2.88. The van der Waals surface area contributed by atoms with Gasteiger partial charge in [-0.15, -0.1) is 0 Å². The van der Waals surface area contributed by atoms with Crippen LogP contribution in [-0.2, 0) is 4.79 Å². The van der Waals surface area contributed by atoms with Crippen molar-refractivity contribution in [2.75, 3.05) is 7.11 Å². The summed E-state index contributed by atoms with van der Waals surface area (Å²) in [7, 11) is 1.66. The molecular formula is C22H28O3. The minimum absolute atomic E-state index is 0.135. The van der Waals surface area contributed by atoms with Crippen LogP contribution in [0.1, 0.15) is 46.5 Å². The number of ether oxygens (including phenoxy) is 1. The smallest absolute Gasteiger partial charge is 0.197 e. The first-order chi connectivity index (χ1) is 11.9. The zero-order valence-electron chi connectivity index (χ0n) is 15.6. The van der Waals surface area contributed by atoms with Gasteiger partial charge in [0.15, 0.2) is 11.5 Å². The van der Waals surface area contributed by atoms with Crippen LogP contribution in [0.3, 0.4) is 0 Å². The lowest BCUT2D eigenvalue weighted by molar-refractivity contribution is -0.118. The first-order valence-electron chi connectivity index (χ1n) is 8.93. The van der Waals surface area contributed by atoms with Gasteiger partial charge in [-0.1, -0.05) is 44.1 Å². The molecule has 2 rings (SSSR count). The third-order valence-electron chi connectivity index (χ3n) is 4.82. The van der Waals surface area contributed by atoms with E-state index in [1.807, 2.05) is 31.2 Å². The summed E-state index contributed by atoms with van der Waals surface area (Å²) in [6.45, 7) is 6.20. The number of rotatable bonds is 6. The molecule has 1 N–H and O–H groups in total. The third kappa shape index (κ3) is 5.09. The Kier molecular flexibility index (Phi) is 6.63. The zero-order chi connectivity index (χ0) is 18.4. The molecule has 0 saturated carbocycles. The van der Waals surface area contributed by atoms with Crippen LogP contribution in [0.5, 0.6) is 5.75 Å². The number of hydrogen-bond acceptors (Lipinski definition) is 3. The maximum atomic E-state index is 12.1. The molecule has 0 fully saturated rings. The van der Waals surface area contributed by atoms with Crippen LogP contribution >= 0.6 is 0 Å². The SMILES string of the molecule is CCC(C)CC(=O)/C(O)=C/C1=C/C=c2/cc(OC)cc/c2=C(/C)CC1. The fraction of sp³-hybridized carbons (Fsp3) is 0.409. The Morgan fingerprint density at radius 2 is 2.08 bits per heavy atom. The fourth-order valence-electron chi connectivity index (χ4n) is 2.88. The number of carbonyl (C=O) groups excluding carboxylic acids is 1. The van der Waals surface area contributed by atoms with Gasteiger partial charge >= 0.3 is 0 Å². The van der Waals surface area contributed by atoms with Gasteiger partial charge in [-0.3, -0.25) is 4.79 Å². The lowest BCUT2D eigenvalue weighted by Gasteiger charge is -2.10. The molecular weight excluding hydrogens is 312 g/mol. The number of allylic oxidation sites excluding steroid dienone is 4. The molecule has 1 aromatic carbocycles. The second-order valence-electron chi connectivity index (χ2n) is 6.81. The first kappa shape index (κ1) is 19.0. The summed E-state index contributed by atoms with van der Waals surface area (Å²) < 4.78 is 5.31. The van der Waals surface area contributed by atoms with Crippen LogP contribution in [0.2, 0.25) is 0 Å². The Morgan fingerprint density at radius 1 is 1.32 bits per heavy atom.